The van der Waals surface area contributed by atoms with E-state index >= 15 is 0 Å². The number of aryl methyl sites for hydroxylation is 1. The molecule has 172 valence electrons. The van der Waals surface area contributed by atoms with Crippen molar-refractivity contribution < 1.29 is 9.53 Å². The van der Waals surface area contributed by atoms with E-state index < -0.39 is 0 Å². The number of amides is 1. The summed E-state index contributed by atoms with van der Waals surface area (Å²) in [5.41, 5.74) is 2.18. The summed E-state index contributed by atoms with van der Waals surface area (Å²) in [5.74, 6) is 0.509. The van der Waals surface area contributed by atoms with Gasteiger partial charge in [-0.3, -0.25) is 14.5 Å². The van der Waals surface area contributed by atoms with Crippen LogP contribution in [0.3, 0.4) is 0 Å². The van der Waals surface area contributed by atoms with Crippen molar-refractivity contribution in [2.75, 3.05) is 33.3 Å². The van der Waals surface area contributed by atoms with Crippen LogP contribution in [0.1, 0.15) is 28.2 Å². The molecule has 1 aliphatic rings. The SMILES string of the molecule is COc1ccc(CN2CCCN(C(=O)c3nn(-c4ccc(Cl)cc4)c(C)cc3=O)CC2)cc1. The Balaban J connectivity index is 1.48. The number of ether oxygens (including phenoxy) is 1. The zero-order chi connectivity index (χ0) is 23.4. The van der Waals surface area contributed by atoms with Crippen molar-refractivity contribution in [3.8, 4) is 11.4 Å². The maximum atomic E-state index is 13.3. The Hall–Kier alpha value is -3.16. The quantitative estimate of drug-likeness (QED) is 0.575. The molecule has 1 aromatic heterocycles. The molecule has 2 heterocycles. The summed E-state index contributed by atoms with van der Waals surface area (Å²) in [6.45, 7) is 5.35. The van der Waals surface area contributed by atoms with Crippen molar-refractivity contribution in [3.63, 3.8) is 0 Å². The third-order valence-corrected chi connectivity index (χ3v) is 6.07. The molecule has 7 nitrogen and oxygen atoms in total. The Kier molecular flexibility index (Phi) is 7.11. The summed E-state index contributed by atoms with van der Waals surface area (Å²) in [6, 6.07) is 16.6. The molecule has 8 heteroatoms. The third kappa shape index (κ3) is 5.43. The van der Waals surface area contributed by atoms with Gasteiger partial charge in [0.15, 0.2) is 5.69 Å². The Morgan fingerprint density at radius 3 is 2.45 bits per heavy atom. The van der Waals surface area contributed by atoms with Crippen LogP contribution in [-0.4, -0.2) is 58.8 Å². The lowest BCUT2D eigenvalue weighted by Gasteiger charge is -2.22. The monoisotopic (exact) mass is 466 g/mol. The van der Waals surface area contributed by atoms with Gasteiger partial charge in [-0.2, -0.15) is 5.10 Å². The number of benzene rings is 2. The van der Waals surface area contributed by atoms with Crippen LogP contribution >= 0.6 is 11.6 Å². The molecule has 0 saturated carbocycles. The highest BCUT2D eigenvalue weighted by atomic mass is 35.5. The average molecular weight is 467 g/mol. The molecule has 1 aliphatic heterocycles. The van der Waals surface area contributed by atoms with E-state index in [-0.39, 0.29) is 17.0 Å². The minimum atomic E-state index is -0.359. The number of rotatable bonds is 5. The number of carbonyl (C=O) groups is 1. The van der Waals surface area contributed by atoms with Gasteiger partial charge in [0.2, 0.25) is 5.43 Å². The van der Waals surface area contributed by atoms with E-state index in [1.54, 1.807) is 35.7 Å². The fourth-order valence-corrected chi connectivity index (χ4v) is 4.14. The molecule has 0 atom stereocenters. The number of aromatic nitrogens is 2. The summed E-state index contributed by atoms with van der Waals surface area (Å²) < 4.78 is 6.83. The summed E-state index contributed by atoms with van der Waals surface area (Å²) in [6.07, 6.45) is 0.832. The van der Waals surface area contributed by atoms with Crippen LogP contribution in [0.2, 0.25) is 5.02 Å². The van der Waals surface area contributed by atoms with Gasteiger partial charge in [-0.15, -0.1) is 0 Å². The largest absolute Gasteiger partial charge is 0.497 e. The number of methoxy groups -OCH3 is 1. The van der Waals surface area contributed by atoms with Crippen molar-refractivity contribution in [3.05, 3.63) is 86.8 Å². The van der Waals surface area contributed by atoms with Crippen LogP contribution in [0.5, 0.6) is 5.75 Å². The first-order valence-electron chi connectivity index (χ1n) is 11.0. The molecule has 0 radical (unpaired) electrons. The van der Waals surface area contributed by atoms with Crippen LogP contribution in [0.25, 0.3) is 5.69 Å². The van der Waals surface area contributed by atoms with Gasteiger partial charge in [0.05, 0.1) is 12.8 Å². The highest BCUT2D eigenvalue weighted by Gasteiger charge is 2.24. The van der Waals surface area contributed by atoms with E-state index in [0.717, 1.165) is 37.5 Å². The van der Waals surface area contributed by atoms with Gasteiger partial charge in [-0.1, -0.05) is 23.7 Å². The zero-order valence-electron chi connectivity index (χ0n) is 18.8. The minimum Gasteiger partial charge on any atom is -0.497 e. The van der Waals surface area contributed by atoms with E-state index in [4.69, 9.17) is 16.3 Å². The molecule has 33 heavy (non-hydrogen) atoms. The number of carbonyl (C=O) groups excluding carboxylic acids is 1. The first-order valence-corrected chi connectivity index (χ1v) is 11.3. The second kappa shape index (κ2) is 10.2. The summed E-state index contributed by atoms with van der Waals surface area (Å²) in [4.78, 5) is 30.0. The van der Waals surface area contributed by atoms with Crippen LogP contribution in [0, 0.1) is 6.92 Å². The fourth-order valence-electron chi connectivity index (χ4n) is 4.01. The second-order valence-corrected chi connectivity index (χ2v) is 8.59. The molecule has 0 spiro atoms. The van der Waals surface area contributed by atoms with Gasteiger partial charge in [0, 0.05) is 49.5 Å². The van der Waals surface area contributed by atoms with Gasteiger partial charge in [0.25, 0.3) is 5.91 Å². The summed E-state index contributed by atoms with van der Waals surface area (Å²) in [7, 11) is 1.66. The molecule has 0 aliphatic carbocycles. The van der Waals surface area contributed by atoms with Crippen molar-refractivity contribution in [1.29, 1.82) is 0 Å². The molecule has 0 N–H and O–H groups in total. The molecule has 3 aromatic rings. The molecule has 2 aromatic carbocycles. The smallest absolute Gasteiger partial charge is 0.278 e. The first-order chi connectivity index (χ1) is 15.9. The minimum absolute atomic E-state index is 0.0563. The predicted octanol–water partition coefficient (Wildman–Crippen LogP) is 3.55. The van der Waals surface area contributed by atoms with Gasteiger partial charge in [-0.05, 0) is 55.3 Å². The van der Waals surface area contributed by atoms with E-state index in [1.807, 2.05) is 24.3 Å². The van der Waals surface area contributed by atoms with Crippen LogP contribution in [-0.2, 0) is 6.54 Å². The lowest BCUT2D eigenvalue weighted by atomic mass is 10.2. The molecule has 0 unspecified atom stereocenters. The van der Waals surface area contributed by atoms with Crippen molar-refractivity contribution in [2.45, 2.75) is 19.9 Å². The Labute approximate surface area is 198 Å². The number of halogens is 1. The molecule has 0 bridgehead atoms. The first kappa shape index (κ1) is 23.0. The average Bonchev–Trinajstić information content (AvgIpc) is 3.06. The number of hydrogen-bond donors (Lipinski definition) is 0. The van der Waals surface area contributed by atoms with E-state index in [0.29, 0.717) is 23.8 Å². The van der Waals surface area contributed by atoms with Gasteiger partial charge in [-0.25, -0.2) is 4.68 Å². The molecular formula is C25H27ClN4O3. The molecule has 1 fully saturated rings. The Bertz CT molecular complexity index is 1180. The zero-order valence-corrected chi connectivity index (χ0v) is 19.6. The highest BCUT2D eigenvalue weighted by Crippen LogP contribution is 2.16. The van der Waals surface area contributed by atoms with Crippen molar-refractivity contribution in [2.24, 2.45) is 0 Å². The Morgan fingerprint density at radius 1 is 1.03 bits per heavy atom. The number of hydrogen-bond acceptors (Lipinski definition) is 5. The standard InChI is InChI=1S/C25H27ClN4O3/c1-18-16-23(31)24(27-30(18)21-8-6-20(26)7-9-21)25(32)29-13-3-12-28(14-15-29)17-19-4-10-22(33-2)11-5-19/h4-11,16H,3,12-15,17H2,1-2H3. The molecule has 4 rings (SSSR count). The summed E-state index contributed by atoms with van der Waals surface area (Å²) >= 11 is 5.99. The normalized spacial score (nSPS) is 14.7. The van der Waals surface area contributed by atoms with Crippen LogP contribution in [0.4, 0.5) is 0 Å². The van der Waals surface area contributed by atoms with Gasteiger partial charge >= 0.3 is 0 Å². The van der Waals surface area contributed by atoms with Gasteiger partial charge < -0.3 is 9.64 Å². The third-order valence-electron chi connectivity index (χ3n) is 5.82. The van der Waals surface area contributed by atoms with Crippen LogP contribution in [0.15, 0.2) is 59.4 Å². The maximum absolute atomic E-state index is 13.3. The summed E-state index contributed by atoms with van der Waals surface area (Å²) in [5, 5.41) is 5.03. The lowest BCUT2D eigenvalue weighted by molar-refractivity contribution is 0.0751. The molecule has 1 saturated heterocycles. The van der Waals surface area contributed by atoms with E-state index in [9.17, 15) is 9.59 Å². The molecule has 1 amide bonds. The highest BCUT2D eigenvalue weighted by molar-refractivity contribution is 6.30. The molecular weight excluding hydrogens is 440 g/mol. The predicted molar refractivity (Wildman–Crippen MR) is 128 cm³/mol. The van der Waals surface area contributed by atoms with Gasteiger partial charge in [0.1, 0.15) is 5.75 Å². The second-order valence-electron chi connectivity index (χ2n) is 8.16. The number of nitrogens with zero attached hydrogens (tertiary/aromatic N) is 4. The van der Waals surface area contributed by atoms with E-state index in [2.05, 4.69) is 22.1 Å². The topological polar surface area (TPSA) is 67.7 Å². The lowest BCUT2D eigenvalue weighted by Crippen LogP contribution is -2.38. The Morgan fingerprint density at radius 2 is 1.76 bits per heavy atom. The van der Waals surface area contributed by atoms with Crippen LogP contribution < -0.4 is 10.2 Å². The van der Waals surface area contributed by atoms with E-state index in [1.165, 1.54) is 11.6 Å². The fraction of sp³-hybridized carbons (Fsp3) is 0.320. The maximum Gasteiger partial charge on any atom is 0.278 e. The van der Waals surface area contributed by atoms with Crippen molar-refractivity contribution in [1.82, 2.24) is 19.6 Å². The van der Waals surface area contributed by atoms with Crippen molar-refractivity contribution >= 4 is 17.5 Å².